The number of benzene rings is 1. The predicted molar refractivity (Wildman–Crippen MR) is 113 cm³/mol. The summed E-state index contributed by atoms with van der Waals surface area (Å²) >= 11 is 6.28. The summed E-state index contributed by atoms with van der Waals surface area (Å²) in [5.41, 5.74) is 11.1. The smallest absolute Gasteiger partial charge is 0.334 e. The van der Waals surface area contributed by atoms with Crippen molar-refractivity contribution in [3.63, 3.8) is 0 Å². The molecule has 29 heavy (non-hydrogen) atoms. The highest BCUT2D eigenvalue weighted by atomic mass is 35.5. The number of nitrogens with two attached hydrogens (primary N) is 1. The lowest BCUT2D eigenvalue weighted by atomic mass is 10.2. The lowest BCUT2D eigenvalue weighted by molar-refractivity contribution is -0.365. The van der Waals surface area contributed by atoms with E-state index in [2.05, 4.69) is 25.6 Å². The number of H-pyrrole nitrogens is 1. The minimum absolute atomic E-state index is 0.0388. The number of anilines is 3. The third kappa shape index (κ3) is 4.99. The Morgan fingerprint density at radius 1 is 1.45 bits per heavy atom. The topological polar surface area (TPSA) is 110 Å². The molecule has 0 aliphatic carbocycles. The first-order chi connectivity index (χ1) is 13.9. The highest BCUT2D eigenvalue weighted by molar-refractivity contribution is 6.27. The van der Waals surface area contributed by atoms with E-state index in [9.17, 15) is 4.79 Å². The average molecular weight is 421 g/mol. The molecule has 2 heterocycles. The molecule has 10 heteroatoms. The number of methoxy groups -OCH3 is 1. The van der Waals surface area contributed by atoms with E-state index in [1.165, 1.54) is 6.92 Å². The Bertz CT molecular complexity index is 862. The molecule has 0 bridgehead atoms. The van der Waals surface area contributed by atoms with Crippen molar-refractivity contribution >= 4 is 34.8 Å². The van der Waals surface area contributed by atoms with Crippen molar-refractivity contribution in [1.82, 2.24) is 15.7 Å². The largest absolute Gasteiger partial charge is 0.497 e. The minimum atomic E-state index is -0.0388. The van der Waals surface area contributed by atoms with E-state index in [1.54, 1.807) is 14.2 Å². The summed E-state index contributed by atoms with van der Waals surface area (Å²) in [6.45, 7) is 3.46. The number of rotatable bonds is 7. The maximum absolute atomic E-state index is 11.3. The van der Waals surface area contributed by atoms with Gasteiger partial charge in [-0.25, -0.2) is 10.4 Å². The molecule has 1 aromatic carbocycles. The molecule has 1 aromatic heterocycles. The first-order valence-electron chi connectivity index (χ1n) is 9.39. The van der Waals surface area contributed by atoms with Crippen LogP contribution in [0.1, 0.15) is 18.9 Å². The Kier molecular flexibility index (Phi) is 6.60. The van der Waals surface area contributed by atoms with Gasteiger partial charge in [-0.3, -0.25) is 14.7 Å². The van der Waals surface area contributed by atoms with Crippen LogP contribution < -0.4 is 36.1 Å². The normalized spacial score (nSPS) is 16.0. The maximum Gasteiger partial charge on any atom is 0.334 e. The summed E-state index contributed by atoms with van der Waals surface area (Å²) in [6.07, 6.45) is 0.837. The molecule has 0 spiro atoms. The van der Waals surface area contributed by atoms with Gasteiger partial charge in [-0.1, -0.05) is 17.1 Å². The van der Waals surface area contributed by atoms with Crippen LogP contribution >= 0.6 is 11.6 Å². The molecule has 1 amide bonds. The van der Waals surface area contributed by atoms with Crippen molar-refractivity contribution in [3.8, 4) is 5.75 Å². The van der Waals surface area contributed by atoms with Gasteiger partial charge in [0.1, 0.15) is 5.75 Å². The van der Waals surface area contributed by atoms with Gasteiger partial charge in [0.05, 0.1) is 32.8 Å². The SMILES string of the molecule is CNN(Cc1ccc(OC)cc1)c1nc(Cl)[nH+]c(N2CCC(NC(C)=O)C2)c1N. The second-order valence-corrected chi connectivity index (χ2v) is 7.26. The third-order valence-corrected chi connectivity index (χ3v) is 5.04. The fourth-order valence-electron chi connectivity index (χ4n) is 3.45. The quantitative estimate of drug-likeness (QED) is 0.452. The zero-order valence-electron chi connectivity index (χ0n) is 16.8. The molecular formula is C19H27ClN7O2+. The number of aromatic amines is 1. The molecule has 1 aliphatic heterocycles. The molecule has 5 N–H and O–H groups in total. The Balaban J connectivity index is 1.83. The van der Waals surface area contributed by atoms with Gasteiger partial charge in [-0.2, -0.15) is 0 Å². The van der Waals surface area contributed by atoms with Crippen molar-refractivity contribution in [2.45, 2.75) is 25.9 Å². The maximum atomic E-state index is 11.3. The Morgan fingerprint density at radius 3 is 2.79 bits per heavy atom. The van der Waals surface area contributed by atoms with Crippen LogP contribution in [-0.4, -0.2) is 44.2 Å². The minimum Gasteiger partial charge on any atom is -0.497 e. The fourth-order valence-corrected chi connectivity index (χ4v) is 3.62. The molecule has 156 valence electrons. The summed E-state index contributed by atoms with van der Waals surface area (Å²) in [7, 11) is 3.44. The lowest BCUT2D eigenvalue weighted by Gasteiger charge is -2.23. The number of amides is 1. The number of nitrogens with one attached hydrogen (secondary N) is 3. The summed E-state index contributed by atoms with van der Waals surface area (Å²) in [4.78, 5) is 20.9. The molecule has 1 fully saturated rings. The van der Waals surface area contributed by atoms with Crippen molar-refractivity contribution in [1.29, 1.82) is 0 Å². The number of carbonyl (C=O) groups is 1. The zero-order valence-corrected chi connectivity index (χ0v) is 17.6. The standard InChI is InChI=1S/C19H26ClN7O2/c1-12(28)23-14-8-9-26(11-14)17-16(21)18(25-19(20)24-17)27(22-2)10-13-4-6-15(29-3)7-5-13/h4-7,14,22H,8-11,21H2,1-3H3,(H,23,28)/p+1. The molecule has 1 aliphatic rings. The van der Waals surface area contributed by atoms with Gasteiger partial charge in [0.15, 0.2) is 5.69 Å². The Morgan fingerprint density at radius 2 is 2.17 bits per heavy atom. The van der Waals surface area contributed by atoms with Crippen LogP contribution in [-0.2, 0) is 11.3 Å². The van der Waals surface area contributed by atoms with Gasteiger partial charge in [-0.15, -0.1) is 0 Å². The van der Waals surface area contributed by atoms with E-state index >= 15 is 0 Å². The zero-order chi connectivity index (χ0) is 21.0. The number of nitrogen functional groups attached to an aromatic ring is 1. The van der Waals surface area contributed by atoms with Gasteiger partial charge in [0.25, 0.3) is 11.6 Å². The number of carbonyl (C=O) groups excluding carboxylic acids is 1. The molecule has 1 saturated heterocycles. The molecule has 9 nitrogen and oxygen atoms in total. The highest BCUT2D eigenvalue weighted by Crippen LogP contribution is 2.31. The molecule has 0 saturated carbocycles. The van der Waals surface area contributed by atoms with Crippen LogP contribution in [0.2, 0.25) is 5.28 Å². The molecule has 3 rings (SSSR count). The summed E-state index contributed by atoms with van der Waals surface area (Å²) in [5.74, 6) is 1.99. The number of hydrogen-bond acceptors (Lipinski definition) is 7. The number of ether oxygens (including phenoxy) is 1. The van der Waals surface area contributed by atoms with Crippen molar-refractivity contribution in [3.05, 3.63) is 35.1 Å². The van der Waals surface area contributed by atoms with Crippen LogP contribution in [0.3, 0.4) is 0 Å². The van der Waals surface area contributed by atoms with Gasteiger partial charge < -0.3 is 15.8 Å². The molecule has 1 unspecified atom stereocenters. The third-order valence-electron chi connectivity index (χ3n) is 4.86. The molecule has 0 radical (unpaired) electrons. The lowest BCUT2D eigenvalue weighted by Crippen LogP contribution is -2.39. The van der Waals surface area contributed by atoms with Crippen LogP contribution in [0.25, 0.3) is 0 Å². The van der Waals surface area contributed by atoms with E-state index in [4.69, 9.17) is 22.1 Å². The van der Waals surface area contributed by atoms with Gasteiger partial charge in [0, 0.05) is 20.4 Å². The Labute approximate surface area is 175 Å². The van der Waals surface area contributed by atoms with Crippen LogP contribution in [0.4, 0.5) is 17.3 Å². The fraction of sp³-hybridized carbons (Fsp3) is 0.421. The number of hydrazine groups is 1. The Hall–Kier alpha value is -2.78. The summed E-state index contributed by atoms with van der Waals surface area (Å²) in [5, 5.41) is 5.02. The van der Waals surface area contributed by atoms with Crippen LogP contribution in [0, 0.1) is 0 Å². The monoisotopic (exact) mass is 420 g/mol. The van der Waals surface area contributed by atoms with E-state index in [1.807, 2.05) is 29.3 Å². The van der Waals surface area contributed by atoms with Crippen LogP contribution in [0.5, 0.6) is 5.75 Å². The number of aromatic nitrogens is 2. The number of hydrogen-bond donors (Lipinski definition) is 3. The van der Waals surface area contributed by atoms with Crippen molar-refractivity contribution in [2.24, 2.45) is 0 Å². The van der Waals surface area contributed by atoms with E-state index in [-0.39, 0.29) is 17.2 Å². The van der Waals surface area contributed by atoms with Crippen molar-refractivity contribution in [2.75, 3.05) is 42.9 Å². The van der Waals surface area contributed by atoms with Gasteiger partial charge in [-0.05, 0) is 29.3 Å². The summed E-state index contributed by atoms with van der Waals surface area (Å²) < 4.78 is 5.21. The van der Waals surface area contributed by atoms with E-state index in [0.717, 1.165) is 24.3 Å². The van der Waals surface area contributed by atoms with E-state index < -0.39 is 0 Å². The van der Waals surface area contributed by atoms with E-state index in [0.29, 0.717) is 30.4 Å². The average Bonchev–Trinajstić information content (AvgIpc) is 3.15. The predicted octanol–water partition coefficient (Wildman–Crippen LogP) is 0.996. The van der Waals surface area contributed by atoms with Gasteiger partial charge in [0.2, 0.25) is 5.91 Å². The van der Waals surface area contributed by atoms with Crippen molar-refractivity contribution < 1.29 is 14.5 Å². The molecule has 1 atom stereocenters. The second-order valence-electron chi connectivity index (χ2n) is 6.90. The number of nitrogens with zero attached hydrogens (tertiary/aromatic N) is 3. The van der Waals surface area contributed by atoms with Crippen LogP contribution in [0.15, 0.2) is 24.3 Å². The first-order valence-corrected chi connectivity index (χ1v) is 9.77. The first kappa shape index (κ1) is 20.9. The molecular weight excluding hydrogens is 394 g/mol. The number of halogens is 1. The summed E-state index contributed by atoms with van der Waals surface area (Å²) in [6, 6.07) is 7.85. The van der Waals surface area contributed by atoms with Gasteiger partial charge >= 0.3 is 5.28 Å². The highest BCUT2D eigenvalue weighted by Gasteiger charge is 2.32. The second kappa shape index (κ2) is 9.15. The molecule has 2 aromatic rings.